The quantitative estimate of drug-likeness (QED) is 0.910. The van der Waals surface area contributed by atoms with E-state index in [4.69, 9.17) is 4.74 Å². The third kappa shape index (κ3) is 2.43. The van der Waals surface area contributed by atoms with Crippen LogP contribution in [0.1, 0.15) is 19.3 Å². The minimum Gasteiger partial charge on any atom is -0.550 e. The van der Waals surface area contributed by atoms with E-state index in [0.29, 0.717) is 5.13 Å². The molecular formula is C17H17N2O4S-. The van der Waals surface area contributed by atoms with Crippen molar-refractivity contribution in [2.45, 2.75) is 19.3 Å². The molecule has 6 nitrogen and oxygen atoms in total. The summed E-state index contributed by atoms with van der Waals surface area (Å²) in [7, 11) is 1.60. The van der Waals surface area contributed by atoms with E-state index in [0.717, 1.165) is 35.2 Å². The van der Waals surface area contributed by atoms with Crippen molar-refractivity contribution in [3.05, 3.63) is 18.2 Å². The van der Waals surface area contributed by atoms with Gasteiger partial charge in [0.1, 0.15) is 5.75 Å². The highest BCUT2D eigenvalue weighted by Gasteiger charge is 2.51. The van der Waals surface area contributed by atoms with Gasteiger partial charge in [0.05, 0.1) is 17.3 Å². The number of methoxy groups -OCH3 is 1. The van der Waals surface area contributed by atoms with E-state index >= 15 is 0 Å². The number of anilines is 1. The molecular weight excluding hydrogens is 328 g/mol. The Morgan fingerprint density at radius 2 is 2.04 bits per heavy atom. The molecule has 4 rings (SSSR count). The molecule has 2 bridgehead atoms. The van der Waals surface area contributed by atoms with Gasteiger partial charge in [-0.1, -0.05) is 11.3 Å². The number of nitrogens with zero attached hydrogens (tertiary/aromatic N) is 1. The van der Waals surface area contributed by atoms with E-state index in [2.05, 4.69) is 10.3 Å². The Bertz CT molecular complexity index is 818. The number of fused-ring (bicyclic) bond motifs is 3. The number of carboxylic acids is 1. The number of aromatic nitrogens is 1. The maximum atomic E-state index is 12.7. The third-order valence-corrected chi connectivity index (χ3v) is 6.25. The molecule has 7 heteroatoms. The third-order valence-electron chi connectivity index (χ3n) is 5.32. The van der Waals surface area contributed by atoms with Gasteiger partial charge in [-0.05, 0) is 49.3 Å². The molecule has 0 radical (unpaired) electrons. The lowest BCUT2D eigenvalue weighted by atomic mass is 9.79. The van der Waals surface area contributed by atoms with Gasteiger partial charge in [0.2, 0.25) is 5.91 Å². The molecule has 0 aliphatic heterocycles. The van der Waals surface area contributed by atoms with E-state index in [1.54, 1.807) is 7.11 Å². The monoisotopic (exact) mass is 345 g/mol. The first-order chi connectivity index (χ1) is 11.6. The molecule has 1 aromatic heterocycles. The van der Waals surface area contributed by atoms with Crippen molar-refractivity contribution >= 4 is 38.6 Å². The highest BCUT2D eigenvalue weighted by atomic mass is 32.1. The summed E-state index contributed by atoms with van der Waals surface area (Å²) >= 11 is 1.36. The van der Waals surface area contributed by atoms with Crippen LogP contribution in [0.4, 0.5) is 5.13 Å². The maximum absolute atomic E-state index is 12.7. The lowest BCUT2D eigenvalue weighted by Gasteiger charge is -2.30. The van der Waals surface area contributed by atoms with Crippen molar-refractivity contribution in [3.8, 4) is 5.75 Å². The Morgan fingerprint density at radius 1 is 1.29 bits per heavy atom. The molecule has 2 aromatic rings. The molecule has 2 fully saturated rings. The number of thiazole rings is 1. The van der Waals surface area contributed by atoms with Crippen molar-refractivity contribution in [3.63, 3.8) is 0 Å². The second-order valence-corrected chi connectivity index (χ2v) is 7.58. The van der Waals surface area contributed by atoms with Crippen molar-refractivity contribution < 1.29 is 19.4 Å². The number of hydrogen-bond donors (Lipinski definition) is 1. The summed E-state index contributed by atoms with van der Waals surface area (Å²) in [6.45, 7) is 0. The van der Waals surface area contributed by atoms with E-state index in [1.165, 1.54) is 11.3 Å². The zero-order chi connectivity index (χ0) is 16.8. The van der Waals surface area contributed by atoms with E-state index in [-0.39, 0.29) is 17.7 Å². The number of ether oxygens (including phenoxy) is 1. The first-order valence-corrected chi connectivity index (χ1v) is 8.85. The molecule has 1 aromatic carbocycles. The highest BCUT2D eigenvalue weighted by Crippen LogP contribution is 2.52. The molecule has 24 heavy (non-hydrogen) atoms. The van der Waals surface area contributed by atoms with Gasteiger partial charge in [-0.25, -0.2) is 4.98 Å². The SMILES string of the molecule is COc1ccc2nc(NC(=O)[C@@H]3[C@@H]4CC[C@@H](C4)[C@@H]3C(=O)[O-])sc2c1. The number of carbonyl (C=O) groups is 2. The van der Waals surface area contributed by atoms with Gasteiger partial charge in [-0.2, -0.15) is 0 Å². The molecule has 2 aliphatic carbocycles. The van der Waals surface area contributed by atoms with Crippen LogP contribution < -0.4 is 15.2 Å². The highest BCUT2D eigenvalue weighted by molar-refractivity contribution is 7.22. The maximum Gasteiger partial charge on any atom is 0.230 e. The van der Waals surface area contributed by atoms with Crippen molar-refractivity contribution in [1.82, 2.24) is 4.98 Å². The van der Waals surface area contributed by atoms with Gasteiger partial charge >= 0.3 is 0 Å². The lowest BCUT2D eigenvalue weighted by Crippen LogP contribution is -2.43. The summed E-state index contributed by atoms with van der Waals surface area (Å²) < 4.78 is 6.10. The van der Waals surface area contributed by atoms with Crippen LogP contribution in [0.25, 0.3) is 10.2 Å². The lowest BCUT2D eigenvalue weighted by molar-refractivity contribution is -0.314. The number of amides is 1. The first kappa shape index (κ1) is 15.4. The topological polar surface area (TPSA) is 91.3 Å². The van der Waals surface area contributed by atoms with Crippen LogP contribution in [-0.4, -0.2) is 24.0 Å². The number of benzene rings is 1. The standard InChI is InChI=1S/C17H18N2O4S/c1-23-10-4-5-11-12(7-10)24-17(18-11)19-15(20)13-8-2-3-9(6-8)14(13)16(21)22/h4-5,7-9,13-14H,2-3,6H2,1H3,(H,21,22)(H,18,19,20)/p-1/t8-,9+,13-,14+/m1/s1. The van der Waals surface area contributed by atoms with Gasteiger partial charge in [0, 0.05) is 17.8 Å². The van der Waals surface area contributed by atoms with Crippen LogP contribution in [0, 0.1) is 23.7 Å². The van der Waals surface area contributed by atoms with E-state index in [9.17, 15) is 14.7 Å². The number of hydrogen-bond acceptors (Lipinski definition) is 6. The van der Waals surface area contributed by atoms with Crippen molar-refractivity contribution in [2.75, 3.05) is 12.4 Å². The predicted octanol–water partition coefficient (Wildman–Crippen LogP) is 1.66. The van der Waals surface area contributed by atoms with Crippen LogP contribution in [0.5, 0.6) is 5.75 Å². The van der Waals surface area contributed by atoms with E-state index < -0.39 is 17.8 Å². The van der Waals surface area contributed by atoms with Crippen LogP contribution >= 0.6 is 11.3 Å². The molecule has 0 spiro atoms. The Balaban J connectivity index is 1.56. The van der Waals surface area contributed by atoms with Gasteiger partial charge in [0.15, 0.2) is 5.13 Å². The van der Waals surface area contributed by atoms with Gasteiger partial charge in [0.25, 0.3) is 0 Å². The van der Waals surface area contributed by atoms with Crippen LogP contribution in [-0.2, 0) is 9.59 Å². The Morgan fingerprint density at radius 3 is 2.75 bits per heavy atom. The van der Waals surface area contributed by atoms with E-state index in [1.807, 2.05) is 18.2 Å². The number of carbonyl (C=O) groups excluding carboxylic acids is 2. The average molecular weight is 345 g/mol. The molecule has 2 aliphatic rings. The summed E-state index contributed by atoms with van der Waals surface area (Å²) in [5.41, 5.74) is 0.778. The van der Waals surface area contributed by atoms with Crippen LogP contribution in [0.2, 0.25) is 0 Å². The molecule has 4 atom stereocenters. The summed E-state index contributed by atoms with van der Waals surface area (Å²) in [6, 6.07) is 5.52. The minimum absolute atomic E-state index is 0.0791. The molecule has 2 saturated carbocycles. The fraction of sp³-hybridized carbons (Fsp3) is 0.471. The zero-order valence-electron chi connectivity index (χ0n) is 13.2. The molecule has 126 valence electrons. The number of rotatable bonds is 4. The predicted molar refractivity (Wildman–Crippen MR) is 87.6 cm³/mol. The fourth-order valence-electron chi connectivity index (χ4n) is 4.28. The second-order valence-electron chi connectivity index (χ2n) is 6.55. The zero-order valence-corrected chi connectivity index (χ0v) is 14.0. The Hall–Kier alpha value is -2.15. The first-order valence-electron chi connectivity index (χ1n) is 8.03. The summed E-state index contributed by atoms with van der Waals surface area (Å²) in [6.07, 6.45) is 2.62. The molecule has 1 amide bonds. The molecule has 1 heterocycles. The normalized spacial score (nSPS) is 28.2. The molecule has 0 saturated heterocycles. The van der Waals surface area contributed by atoms with Gasteiger partial charge in [-0.15, -0.1) is 0 Å². The fourth-order valence-corrected chi connectivity index (χ4v) is 5.18. The summed E-state index contributed by atoms with van der Waals surface area (Å²) in [5.74, 6) is -1.57. The van der Waals surface area contributed by atoms with Crippen molar-refractivity contribution in [2.24, 2.45) is 23.7 Å². The molecule has 1 N–H and O–H groups in total. The molecule has 0 unspecified atom stereocenters. The van der Waals surface area contributed by atoms with Crippen molar-refractivity contribution in [1.29, 1.82) is 0 Å². The smallest absolute Gasteiger partial charge is 0.230 e. The minimum atomic E-state index is -1.10. The van der Waals surface area contributed by atoms with Crippen LogP contribution in [0.3, 0.4) is 0 Å². The largest absolute Gasteiger partial charge is 0.550 e. The Kier molecular flexibility index (Phi) is 3.68. The average Bonchev–Trinajstić information content (AvgIpc) is 3.26. The Labute approximate surface area is 142 Å². The second kappa shape index (κ2) is 5.73. The number of nitrogens with one attached hydrogen (secondary N) is 1. The van der Waals surface area contributed by atoms with Gasteiger partial charge < -0.3 is 20.0 Å². The number of carboxylic acid groups (broad SMARTS) is 1. The summed E-state index contributed by atoms with van der Waals surface area (Å²) in [4.78, 5) is 28.5. The summed E-state index contributed by atoms with van der Waals surface area (Å²) in [5, 5.41) is 14.8. The van der Waals surface area contributed by atoms with Gasteiger partial charge in [-0.3, -0.25) is 4.79 Å². The van der Waals surface area contributed by atoms with Crippen LogP contribution in [0.15, 0.2) is 18.2 Å². The number of aliphatic carboxylic acids is 1.